The lowest BCUT2D eigenvalue weighted by Gasteiger charge is -1.93. The van der Waals surface area contributed by atoms with Crippen LogP contribution in [0.3, 0.4) is 0 Å². The van der Waals surface area contributed by atoms with E-state index in [-0.39, 0.29) is 0 Å². The van der Waals surface area contributed by atoms with Gasteiger partial charge >= 0.3 is 0 Å². The van der Waals surface area contributed by atoms with Crippen molar-refractivity contribution in [3.63, 3.8) is 0 Å². The molecule has 2 nitrogen and oxygen atoms in total. The number of hydrogen-bond acceptors (Lipinski definition) is 3. The molecule has 2 aromatic rings. The molecule has 2 rings (SSSR count). The first kappa shape index (κ1) is 7.95. The standard InChI is InChI=1S/C8H7ClN2S/c1-4-3-6(9)11-8-7(4)10-5(2)12-8/h3H,1-2H3. The van der Waals surface area contributed by atoms with Gasteiger partial charge < -0.3 is 0 Å². The second-order valence-corrected chi connectivity index (χ2v) is 4.22. The van der Waals surface area contributed by atoms with Gasteiger partial charge in [-0.05, 0) is 25.5 Å². The second kappa shape index (κ2) is 2.68. The highest BCUT2D eigenvalue weighted by atomic mass is 35.5. The molecule has 12 heavy (non-hydrogen) atoms. The van der Waals surface area contributed by atoms with Crippen molar-refractivity contribution in [1.82, 2.24) is 9.97 Å². The predicted octanol–water partition coefficient (Wildman–Crippen LogP) is 2.96. The average Bonchev–Trinajstić information content (AvgIpc) is 2.29. The Kier molecular flexibility index (Phi) is 1.77. The predicted molar refractivity (Wildman–Crippen MR) is 51.9 cm³/mol. The Morgan fingerprint density at radius 2 is 2.08 bits per heavy atom. The van der Waals surface area contributed by atoms with Crippen LogP contribution in [0.25, 0.3) is 10.3 Å². The summed E-state index contributed by atoms with van der Waals surface area (Å²) in [7, 11) is 0. The average molecular weight is 199 g/mol. The highest BCUT2D eigenvalue weighted by molar-refractivity contribution is 7.18. The highest BCUT2D eigenvalue weighted by Gasteiger charge is 2.05. The van der Waals surface area contributed by atoms with Crippen molar-refractivity contribution in [2.75, 3.05) is 0 Å². The van der Waals surface area contributed by atoms with Gasteiger partial charge in [0.1, 0.15) is 15.5 Å². The van der Waals surface area contributed by atoms with Crippen molar-refractivity contribution in [3.05, 3.63) is 21.8 Å². The third kappa shape index (κ3) is 1.19. The molecule has 0 saturated heterocycles. The molecule has 2 aromatic heterocycles. The maximum absolute atomic E-state index is 5.80. The van der Waals surface area contributed by atoms with Crippen LogP contribution in [-0.4, -0.2) is 9.97 Å². The van der Waals surface area contributed by atoms with Crippen LogP contribution < -0.4 is 0 Å². The lowest BCUT2D eigenvalue weighted by atomic mass is 10.3. The molecule has 0 N–H and O–H groups in total. The summed E-state index contributed by atoms with van der Waals surface area (Å²) < 4.78 is 0. The first-order chi connectivity index (χ1) is 5.66. The number of aryl methyl sites for hydroxylation is 2. The summed E-state index contributed by atoms with van der Waals surface area (Å²) in [6.45, 7) is 3.97. The third-order valence-electron chi connectivity index (χ3n) is 1.63. The van der Waals surface area contributed by atoms with Crippen molar-refractivity contribution < 1.29 is 0 Å². The summed E-state index contributed by atoms with van der Waals surface area (Å²) in [6, 6.07) is 1.84. The normalized spacial score (nSPS) is 10.9. The van der Waals surface area contributed by atoms with Crippen LogP contribution in [0, 0.1) is 13.8 Å². The van der Waals surface area contributed by atoms with Crippen LogP contribution in [0.15, 0.2) is 6.07 Å². The molecule has 0 aliphatic carbocycles. The van der Waals surface area contributed by atoms with Gasteiger partial charge in [-0.1, -0.05) is 22.9 Å². The Morgan fingerprint density at radius 1 is 1.33 bits per heavy atom. The van der Waals surface area contributed by atoms with Gasteiger partial charge in [0.05, 0.1) is 5.01 Å². The monoisotopic (exact) mass is 198 g/mol. The molecule has 0 aliphatic heterocycles. The minimum absolute atomic E-state index is 0.545. The zero-order valence-electron chi connectivity index (χ0n) is 6.76. The van der Waals surface area contributed by atoms with E-state index in [1.54, 1.807) is 11.3 Å². The molecule has 62 valence electrons. The summed E-state index contributed by atoms with van der Waals surface area (Å²) in [5, 5.41) is 1.58. The molecule has 0 unspecified atom stereocenters. The molecule has 0 fully saturated rings. The SMILES string of the molecule is Cc1nc2c(C)cc(Cl)nc2s1. The van der Waals surface area contributed by atoms with Gasteiger partial charge in [-0.25, -0.2) is 9.97 Å². The molecule has 0 spiro atoms. The molecule has 0 aromatic carbocycles. The summed E-state index contributed by atoms with van der Waals surface area (Å²) in [5.74, 6) is 0. The van der Waals surface area contributed by atoms with E-state index >= 15 is 0 Å². The lowest BCUT2D eigenvalue weighted by Crippen LogP contribution is -1.80. The van der Waals surface area contributed by atoms with Crippen LogP contribution >= 0.6 is 22.9 Å². The van der Waals surface area contributed by atoms with Crippen LogP contribution in [0.5, 0.6) is 0 Å². The van der Waals surface area contributed by atoms with E-state index in [1.807, 2.05) is 19.9 Å². The fraction of sp³-hybridized carbons (Fsp3) is 0.250. The minimum atomic E-state index is 0.545. The fourth-order valence-corrected chi connectivity index (χ4v) is 2.29. The van der Waals surface area contributed by atoms with E-state index in [4.69, 9.17) is 11.6 Å². The summed E-state index contributed by atoms with van der Waals surface area (Å²) in [4.78, 5) is 9.46. The molecule has 0 amide bonds. The van der Waals surface area contributed by atoms with Gasteiger partial charge in [0.25, 0.3) is 0 Å². The van der Waals surface area contributed by atoms with E-state index < -0.39 is 0 Å². The lowest BCUT2D eigenvalue weighted by molar-refractivity contribution is 1.30. The number of halogens is 1. The largest absolute Gasteiger partial charge is 0.239 e. The molecular formula is C8H7ClN2S. The van der Waals surface area contributed by atoms with Crippen molar-refractivity contribution in [1.29, 1.82) is 0 Å². The number of thiazole rings is 1. The topological polar surface area (TPSA) is 25.8 Å². The van der Waals surface area contributed by atoms with E-state index in [2.05, 4.69) is 9.97 Å². The maximum Gasteiger partial charge on any atom is 0.145 e. The molecule has 4 heteroatoms. The van der Waals surface area contributed by atoms with Crippen molar-refractivity contribution in [2.24, 2.45) is 0 Å². The Balaban J connectivity index is 2.88. The molecule has 2 heterocycles. The van der Waals surface area contributed by atoms with Crippen molar-refractivity contribution in [2.45, 2.75) is 13.8 Å². The minimum Gasteiger partial charge on any atom is -0.239 e. The Morgan fingerprint density at radius 3 is 2.83 bits per heavy atom. The van der Waals surface area contributed by atoms with Gasteiger partial charge in [-0.3, -0.25) is 0 Å². The number of rotatable bonds is 0. The van der Waals surface area contributed by atoms with E-state index in [1.165, 1.54) is 0 Å². The number of fused-ring (bicyclic) bond motifs is 1. The number of nitrogens with zero attached hydrogens (tertiary/aromatic N) is 2. The molecule has 0 bridgehead atoms. The van der Waals surface area contributed by atoms with Crippen molar-refractivity contribution in [3.8, 4) is 0 Å². The number of aromatic nitrogens is 2. The zero-order valence-corrected chi connectivity index (χ0v) is 8.33. The maximum atomic E-state index is 5.80. The van der Waals surface area contributed by atoms with Crippen LogP contribution in [0.2, 0.25) is 5.15 Å². The quantitative estimate of drug-likeness (QED) is 0.609. The van der Waals surface area contributed by atoms with Crippen LogP contribution in [0.4, 0.5) is 0 Å². The molecule has 0 radical (unpaired) electrons. The molecular weight excluding hydrogens is 192 g/mol. The highest BCUT2D eigenvalue weighted by Crippen LogP contribution is 2.24. The fourth-order valence-electron chi connectivity index (χ4n) is 1.13. The Bertz CT molecular complexity index is 436. The second-order valence-electron chi connectivity index (χ2n) is 2.65. The van der Waals surface area contributed by atoms with Crippen molar-refractivity contribution >= 4 is 33.3 Å². The van der Waals surface area contributed by atoms with E-state index in [0.29, 0.717) is 5.15 Å². The molecule has 0 aliphatic rings. The first-order valence-corrected chi connectivity index (χ1v) is 4.76. The third-order valence-corrected chi connectivity index (χ3v) is 2.69. The van der Waals surface area contributed by atoms with Gasteiger partial charge in [-0.2, -0.15) is 0 Å². The molecule has 0 saturated carbocycles. The Labute approximate surface area is 79.2 Å². The summed E-state index contributed by atoms with van der Waals surface area (Å²) in [6.07, 6.45) is 0. The van der Waals surface area contributed by atoms with E-state index in [9.17, 15) is 0 Å². The van der Waals surface area contributed by atoms with Gasteiger partial charge in [0, 0.05) is 0 Å². The molecule has 0 atom stereocenters. The summed E-state index contributed by atoms with van der Waals surface area (Å²) >= 11 is 7.37. The zero-order chi connectivity index (χ0) is 8.72. The Hall–Kier alpha value is -0.670. The number of pyridine rings is 1. The smallest absolute Gasteiger partial charge is 0.145 e. The summed E-state index contributed by atoms with van der Waals surface area (Å²) in [5.41, 5.74) is 2.07. The number of hydrogen-bond donors (Lipinski definition) is 0. The van der Waals surface area contributed by atoms with Gasteiger partial charge in [0.2, 0.25) is 0 Å². The van der Waals surface area contributed by atoms with Crippen LogP contribution in [-0.2, 0) is 0 Å². The first-order valence-electron chi connectivity index (χ1n) is 3.57. The van der Waals surface area contributed by atoms with Gasteiger partial charge in [-0.15, -0.1) is 0 Å². The van der Waals surface area contributed by atoms with E-state index in [0.717, 1.165) is 20.9 Å². The van der Waals surface area contributed by atoms with Crippen LogP contribution in [0.1, 0.15) is 10.6 Å². The van der Waals surface area contributed by atoms with Gasteiger partial charge in [0.15, 0.2) is 0 Å².